The number of hydrogen-bond donors (Lipinski definition) is 2. The van der Waals surface area contributed by atoms with Gasteiger partial charge in [-0.3, -0.25) is 4.98 Å². The first-order valence-electron chi connectivity index (χ1n) is 8.15. The molecule has 0 saturated carbocycles. The zero-order valence-corrected chi connectivity index (χ0v) is 15.2. The third-order valence-corrected chi connectivity index (χ3v) is 4.26. The molecule has 0 saturated heterocycles. The van der Waals surface area contributed by atoms with Crippen LogP contribution >= 0.6 is 11.6 Å². The molecule has 0 bridgehead atoms. The van der Waals surface area contributed by atoms with Crippen molar-refractivity contribution in [3.63, 3.8) is 0 Å². The second-order valence-corrected chi connectivity index (χ2v) is 6.10. The molecule has 0 radical (unpaired) electrons. The van der Waals surface area contributed by atoms with Gasteiger partial charge in [0.15, 0.2) is 0 Å². The number of pyridine rings is 1. The fourth-order valence-electron chi connectivity index (χ4n) is 2.54. The Bertz CT molecular complexity index is 880. The summed E-state index contributed by atoms with van der Waals surface area (Å²) in [7, 11) is 0. The summed E-state index contributed by atoms with van der Waals surface area (Å²) in [5.41, 5.74) is 4.60. The number of nitrogens with zero attached hydrogens (tertiary/aromatic N) is 3. The zero-order chi connectivity index (χ0) is 17.8. The van der Waals surface area contributed by atoms with Crippen molar-refractivity contribution in [2.75, 3.05) is 17.2 Å². The van der Waals surface area contributed by atoms with Crippen molar-refractivity contribution in [1.29, 1.82) is 0 Å². The Hall–Kier alpha value is -2.66. The van der Waals surface area contributed by atoms with E-state index in [-0.39, 0.29) is 0 Å². The molecule has 1 aromatic carbocycles. The number of aryl methyl sites for hydroxylation is 1. The molecule has 2 N–H and O–H groups in total. The Labute approximate surface area is 152 Å². The lowest BCUT2D eigenvalue weighted by Crippen LogP contribution is -2.06. The number of benzene rings is 1. The Balaban J connectivity index is 2.04. The van der Waals surface area contributed by atoms with Crippen LogP contribution in [0, 0.1) is 13.8 Å². The summed E-state index contributed by atoms with van der Waals surface area (Å²) in [6, 6.07) is 11.5. The van der Waals surface area contributed by atoms with E-state index in [9.17, 15) is 0 Å². The van der Waals surface area contributed by atoms with Gasteiger partial charge in [0, 0.05) is 29.5 Å². The van der Waals surface area contributed by atoms with Gasteiger partial charge >= 0.3 is 0 Å². The second kappa shape index (κ2) is 7.49. The molecule has 2 aromatic heterocycles. The molecular weight excluding hydrogens is 334 g/mol. The van der Waals surface area contributed by atoms with Crippen LogP contribution in [0.15, 0.2) is 42.6 Å². The summed E-state index contributed by atoms with van der Waals surface area (Å²) in [4.78, 5) is 13.5. The molecule has 3 rings (SSSR count). The maximum Gasteiger partial charge on any atom is 0.225 e. The van der Waals surface area contributed by atoms with Gasteiger partial charge < -0.3 is 10.6 Å². The summed E-state index contributed by atoms with van der Waals surface area (Å²) >= 11 is 6.27. The molecule has 25 heavy (non-hydrogen) atoms. The number of nitrogens with one attached hydrogen (secondary N) is 2. The molecule has 6 heteroatoms. The van der Waals surface area contributed by atoms with Crippen LogP contribution in [0.5, 0.6) is 0 Å². The second-order valence-electron chi connectivity index (χ2n) is 5.70. The monoisotopic (exact) mass is 353 g/mol. The molecule has 0 fully saturated rings. The standard InChI is InChI=1S/C19H20ClN5/c1-4-21-19-23-16(15-7-5-6-10-22-15)11-17(25-19)24-18-12(2)8-9-14(20)13(18)3/h5-11H,4H2,1-3H3,(H2,21,23,24,25). The summed E-state index contributed by atoms with van der Waals surface area (Å²) in [5, 5.41) is 7.28. The summed E-state index contributed by atoms with van der Waals surface area (Å²) in [6.07, 6.45) is 1.75. The fraction of sp³-hybridized carbons (Fsp3) is 0.211. The van der Waals surface area contributed by atoms with Crippen LogP contribution < -0.4 is 10.6 Å². The first kappa shape index (κ1) is 17.2. The van der Waals surface area contributed by atoms with Gasteiger partial charge in [-0.05, 0) is 50.1 Å². The van der Waals surface area contributed by atoms with Crippen LogP contribution in [-0.4, -0.2) is 21.5 Å². The average Bonchev–Trinajstić information content (AvgIpc) is 2.63. The topological polar surface area (TPSA) is 62.7 Å². The number of halogens is 1. The Kier molecular flexibility index (Phi) is 5.14. The van der Waals surface area contributed by atoms with Crippen molar-refractivity contribution < 1.29 is 0 Å². The smallest absolute Gasteiger partial charge is 0.225 e. The van der Waals surface area contributed by atoms with Gasteiger partial charge in [-0.2, -0.15) is 4.98 Å². The molecule has 2 heterocycles. The van der Waals surface area contributed by atoms with Crippen LogP contribution in [0.25, 0.3) is 11.4 Å². The van der Waals surface area contributed by atoms with Crippen molar-refractivity contribution in [3.05, 3.63) is 58.7 Å². The first-order valence-corrected chi connectivity index (χ1v) is 8.53. The molecule has 128 valence electrons. The summed E-state index contributed by atoms with van der Waals surface area (Å²) < 4.78 is 0. The van der Waals surface area contributed by atoms with E-state index in [0.717, 1.165) is 39.8 Å². The predicted octanol–water partition coefficient (Wildman–Crippen LogP) is 4.98. The molecule has 5 nitrogen and oxygen atoms in total. The summed E-state index contributed by atoms with van der Waals surface area (Å²) in [6.45, 7) is 6.77. The number of hydrogen-bond acceptors (Lipinski definition) is 5. The molecule has 0 aliphatic heterocycles. The van der Waals surface area contributed by atoms with Gasteiger partial charge in [0.25, 0.3) is 0 Å². The van der Waals surface area contributed by atoms with E-state index < -0.39 is 0 Å². The minimum atomic E-state index is 0.561. The van der Waals surface area contributed by atoms with Gasteiger partial charge in [0.2, 0.25) is 5.95 Å². The number of anilines is 3. The van der Waals surface area contributed by atoms with Crippen LogP contribution in [0.1, 0.15) is 18.1 Å². The predicted molar refractivity (Wildman–Crippen MR) is 104 cm³/mol. The lowest BCUT2D eigenvalue weighted by Gasteiger charge is -2.15. The quantitative estimate of drug-likeness (QED) is 0.677. The SMILES string of the molecule is CCNc1nc(Nc2c(C)ccc(Cl)c2C)cc(-c2ccccn2)n1. The highest BCUT2D eigenvalue weighted by Gasteiger charge is 2.11. The van der Waals surface area contributed by atoms with Crippen molar-refractivity contribution in [3.8, 4) is 11.4 Å². The van der Waals surface area contributed by atoms with Crippen molar-refractivity contribution >= 4 is 29.1 Å². The highest BCUT2D eigenvalue weighted by Crippen LogP contribution is 2.30. The highest BCUT2D eigenvalue weighted by atomic mass is 35.5. The van der Waals surface area contributed by atoms with Crippen LogP contribution in [0.4, 0.5) is 17.5 Å². The Morgan fingerprint density at radius 3 is 2.60 bits per heavy atom. The van der Waals surface area contributed by atoms with Gasteiger partial charge in [0.05, 0.1) is 11.4 Å². The van der Waals surface area contributed by atoms with E-state index >= 15 is 0 Å². The number of rotatable bonds is 5. The van der Waals surface area contributed by atoms with Gasteiger partial charge in [-0.15, -0.1) is 0 Å². The molecule has 0 aliphatic carbocycles. The Morgan fingerprint density at radius 2 is 1.88 bits per heavy atom. The van der Waals surface area contributed by atoms with E-state index in [4.69, 9.17) is 11.6 Å². The van der Waals surface area contributed by atoms with Crippen molar-refractivity contribution in [2.45, 2.75) is 20.8 Å². The largest absolute Gasteiger partial charge is 0.354 e. The lowest BCUT2D eigenvalue weighted by molar-refractivity contribution is 1.08. The van der Waals surface area contributed by atoms with E-state index in [1.54, 1.807) is 6.20 Å². The molecule has 0 spiro atoms. The van der Waals surface area contributed by atoms with E-state index in [2.05, 4.69) is 25.6 Å². The first-order chi connectivity index (χ1) is 12.1. The Morgan fingerprint density at radius 1 is 1.04 bits per heavy atom. The third kappa shape index (κ3) is 3.88. The highest BCUT2D eigenvalue weighted by molar-refractivity contribution is 6.31. The van der Waals surface area contributed by atoms with E-state index in [1.807, 2.05) is 57.2 Å². The maximum atomic E-state index is 6.27. The molecule has 3 aromatic rings. The van der Waals surface area contributed by atoms with Gasteiger partial charge in [0.1, 0.15) is 5.82 Å². The normalized spacial score (nSPS) is 10.6. The number of aromatic nitrogens is 3. The van der Waals surface area contributed by atoms with Crippen LogP contribution in [-0.2, 0) is 0 Å². The third-order valence-electron chi connectivity index (χ3n) is 3.85. The molecule has 0 aliphatic rings. The van der Waals surface area contributed by atoms with E-state index in [0.29, 0.717) is 11.8 Å². The van der Waals surface area contributed by atoms with Gasteiger partial charge in [-0.1, -0.05) is 23.7 Å². The zero-order valence-electron chi connectivity index (χ0n) is 14.5. The molecule has 0 unspecified atom stereocenters. The average molecular weight is 354 g/mol. The van der Waals surface area contributed by atoms with E-state index in [1.165, 1.54) is 0 Å². The van der Waals surface area contributed by atoms with Crippen molar-refractivity contribution in [2.24, 2.45) is 0 Å². The lowest BCUT2D eigenvalue weighted by atomic mass is 10.1. The van der Waals surface area contributed by atoms with Gasteiger partial charge in [-0.25, -0.2) is 4.98 Å². The van der Waals surface area contributed by atoms with Crippen LogP contribution in [0.2, 0.25) is 5.02 Å². The van der Waals surface area contributed by atoms with Crippen molar-refractivity contribution in [1.82, 2.24) is 15.0 Å². The summed E-state index contributed by atoms with van der Waals surface area (Å²) in [5.74, 6) is 1.26. The minimum Gasteiger partial charge on any atom is -0.354 e. The minimum absolute atomic E-state index is 0.561. The molecule has 0 amide bonds. The fourth-order valence-corrected chi connectivity index (χ4v) is 2.69. The molecular formula is C19H20ClN5. The maximum absolute atomic E-state index is 6.27. The molecule has 0 atom stereocenters. The van der Waals surface area contributed by atoms with Crippen LogP contribution in [0.3, 0.4) is 0 Å².